The van der Waals surface area contributed by atoms with E-state index in [0.717, 1.165) is 18.2 Å². The minimum absolute atomic E-state index is 0.0130. The van der Waals surface area contributed by atoms with Crippen molar-refractivity contribution in [2.24, 2.45) is 4.99 Å². The van der Waals surface area contributed by atoms with Gasteiger partial charge in [-0.1, -0.05) is 0 Å². The molecule has 0 saturated carbocycles. The van der Waals surface area contributed by atoms with Crippen LogP contribution in [-0.2, 0) is 16.6 Å². The van der Waals surface area contributed by atoms with Crippen LogP contribution in [-0.4, -0.2) is 50.6 Å². The summed E-state index contributed by atoms with van der Waals surface area (Å²) in [4.78, 5) is 4.21. The number of hydrogen-bond acceptors (Lipinski definition) is 3. The van der Waals surface area contributed by atoms with Gasteiger partial charge in [-0.05, 0) is 31.5 Å². The molecule has 6 nitrogen and oxygen atoms in total. The first-order valence-electron chi connectivity index (χ1n) is 7.86. The molecule has 0 amide bonds. The van der Waals surface area contributed by atoms with Crippen molar-refractivity contribution in [3.63, 3.8) is 0 Å². The molecular formula is C15H22F2N4O2S. The van der Waals surface area contributed by atoms with Crippen molar-refractivity contribution >= 4 is 16.0 Å². The van der Waals surface area contributed by atoms with Gasteiger partial charge >= 0.3 is 0 Å². The van der Waals surface area contributed by atoms with E-state index in [1.165, 1.54) is 4.31 Å². The highest BCUT2D eigenvalue weighted by Gasteiger charge is 2.27. The Morgan fingerprint density at radius 2 is 2.12 bits per heavy atom. The maximum Gasteiger partial charge on any atom is 0.214 e. The molecule has 1 aliphatic rings. The molecule has 24 heavy (non-hydrogen) atoms. The number of guanidine groups is 1. The SMILES string of the molecule is CCNC(=NCc1cc(F)ccc1F)NCCN1CCCS1(=O)=O. The number of nitrogens with one attached hydrogen (secondary N) is 2. The van der Waals surface area contributed by atoms with Crippen LogP contribution < -0.4 is 10.6 Å². The van der Waals surface area contributed by atoms with Gasteiger partial charge in [0, 0.05) is 31.7 Å². The lowest BCUT2D eigenvalue weighted by Gasteiger charge is -2.16. The Morgan fingerprint density at radius 1 is 1.33 bits per heavy atom. The maximum absolute atomic E-state index is 13.6. The second-order valence-corrected chi connectivity index (χ2v) is 7.51. The van der Waals surface area contributed by atoms with E-state index in [2.05, 4.69) is 15.6 Å². The van der Waals surface area contributed by atoms with E-state index in [-0.39, 0.29) is 17.9 Å². The van der Waals surface area contributed by atoms with Gasteiger partial charge in [-0.15, -0.1) is 0 Å². The standard InChI is InChI=1S/C15H22F2N4O2S/c1-2-18-15(19-6-8-21-7-3-9-24(21,22)23)20-11-12-10-13(16)4-5-14(12)17/h4-5,10H,2-3,6-9,11H2,1H3,(H2,18,19,20). The number of sulfonamides is 1. The molecule has 134 valence electrons. The predicted octanol–water partition coefficient (Wildman–Crippen LogP) is 1.06. The zero-order valence-electron chi connectivity index (χ0n) is 13.6. The van der Waals surface area contributed by atoms with Gasteiger partial charge < -0.3 is 10.6 Å². The Balaban J connectivity index is 1.92. The van der Waals surface area contributed by atoms with Gasteiger partial charge in [-0.25, -0.2) is 26.5 Å². The molecule has 0 unspecified atom stereocenters. The van der Waals surface area contributed by atoms with E-state index < -0.39 is 21.7 Å². The van der Waals surface area contributed by atoms with Crippen molar-refractivity contribution in [3.05, 3.63) is 35.4 Å². The van der Waals surface area contributed by atoms with Crippen molar-refractivity contribution in [3.8, 4) is 0 Å². The topological polar surface area (TPSA) is 73.8 Å². The van der Waals surface area contributed by atoms with Gasteiger partial charge in [0.2, 0.25) is 10.0 Å². The molecule has 0 bridgehead atoms. The second-order valence-electron chi connectivity index (χ2n) is 5.43. The van der Waals surface area contributed by atoms with Gasteiger partial charge in [0.25, 0.3) is 0 Å². The zero-order valence-corrected chi connectivity index (χ0v) is 14.4. The summed E-state index contributed by atoms with van der Waals surface area (Å²) in [5, 5.41) is 5.99. The van der Waals surface area contributed by atoms with Crippen LogP contribution >= 0.6 is 0 Å². The van der Waals surface area contributed by atoms with E-state index in [9.17, 15) is 17.2 Å². The Hall–Kier alpha value is -1.74. The van der Waals surface area contributed by atoms with Gasteiger partial charge in [-0.2, -0.15) is 0 Å². The molecule has 1 saturated heterocycles. The molecule has 1 fully saturated rings. The first kappa shape index (κ1) is 18.6. The third-order valence-corrected chi connectivity index (χ3v) is 5.57. The summed E-state index contributed by atoms with van der Waals surface area (Å²) >= 11 is 0. The Bertz CT molecular complexity index is 695. The molecule has 0 radical (unpaired) electrons. The summed E-state index contributed by atoms with van der Waals surface area (Å²) in [6.07, 6.45) is 0.648. The number of aliphatic imine (C=N–C) groups is 1. The van der Waals surface area contributed by atoms with Gasteiger partial charge in [0.05, 0.1) is 12.3 Å². The van der Waals surface area contributed by atoms with Crippen LogP contribution in [0.15, 0.2) is 23.2 Å². The number of nitrogens with zero attached hydrogens (tertiary/aromatic N) is 2. The zero-order chi connectivity index (χ0) is 17.6. The summed E-state index contributed by atoms with van der Waals surface area (Å²) < 4.78 is 51.6. The average molecular weight is 360 g/mol. The highest BCUT2D eigenvalue weighted by molar-refractivity contribution is 7.89. The molecule has 1 aliphatic heterocycles. The highest BCUT2D eigenvalue weighted by Crippen LogP contribution is 2.12. The van der Waals surface area contributed by atoms with Crippen molar-refractivity contribution in [2.45, 2.75) is 19.9 Å². The fourth-order valence-corrected chi connectivity index (χ4v) is 3.94. The van der Waals surface area contributed by atoms with Crippen LogP contribution in [0, 0.1) is 11.6 Å². The maximum atomic E-state index is 13.6. The van der Waals surface area contributed by atoms with Crippen molar-refractivity contribution < 1.29 is 17.2 Å². The van der Waals surface area contributed by atoms with Crippen molar-refractivity contribution in [1.82, 2.24) is 14.9 Å². The lowest BCUT2D eigenvalue weighted by molar-refractivity contribution is 0.445. The summed E-state index contributed by atoms with van der Waals surface area (Å²) in [7, 11) is -3.12. The third kappa shape index (κ3) is 5.13. The molecule has 2 rings (SSSR count). The van der Waals surface area contributed by atoms with Gasteiger partial charge in [0.1, 0.15) is 11.6 Å². The quantitative estimate of drug-likeness (QED) is 0.588. The number of rotatable bonds is 6. The van der Waals surface area contributed by atoms with Crippen molar-refractivity contribution in [1.29, 1.82) is 0 Å². The van der Waals surface area contributed by atoms with E-state index in [1.807, 2.05) is 6.92 Å². The fourth-order valence-electron chi connectivity index (χ4n) is 2.41. The molecule has 2 N–H and O–H groups in total. The number of benzene rings is 1. The molecule has 0 aromatic heterocycles. The molecule has 0 aliphatic carbocycles. The number of halogens is 2. The summed E-state index contributed by atoms with van der Waals surface area (Å²) in [5.74, 6) is -0.407. The summed E-state index contributed by atoms with van der Waals surface area (Å²) in [6, 6.07) is 3.24. The van der Waals surface area contributed by atoms with E-state index in [4.69, 9.17) is 0 Å². The second kappa shape index (κ2) is 8.39. The van der Waals surface area contributed by atoms with E-state index >= 15 is 0 Å². The smallest absolute Gasteiger partial charge is 0.214 e. The lowest BCUT2D eigenvalue weighted by atomic mass is 10.2. The van der Waals surface area contributed by atoms with Crippen LogP contribution in [0.4, 0.5) is 8.78 Å². The van der Waals surface area contributed by atoms with Gasteiger partial charge in [0.15, 0.2) is 5.96 Å². The lowest BCUT2D eigenvalue weighted by Crippen LogP contribution is -2.42. The monoisotopic (exact) mass is 360 g/mol. The Labute approximate surface area is 141 Å². The normalized spacial score (nSPS) is 17.9. The summed E-state index contributed by atoms with van der Waals surface area (Å²) in [5.41, 5.74) is 0.161. The van der Waals surface area contributed by atoms with Crippen LogP contribution in [0.5, 0.6) is 0 Å². The predicted molar refractivity (Wildman–Crippen MR) is 89.2 cm³/mol. The molecule has 1 aromatic rings. The molecule has 0 spiro atoms. The van der Waals surface area contributed by atoms with Crippen LogP contribution in [0.25, 0.3) is 0 Å². The third-order valence-electron chi connectivity index (χ3n) is 3.62. The molecule has 0 atom stereocenters. The van der Waals surface area contributed by atoms with E-state index in [1.54, 1.807) is 0 Å². The first-order chi connectivity index (χ1) is 11.4. The Morgan fingerprint density at radius 3 is 2.79 bits per heavy atom. The molecule has 1 heterocycles. The minimum atomic E-state index is -3.12. The van der Waals surface area contributed by atoms with Crippen LogP contribution in [0.3, 0.4) is 0 Å². The average Bonchev–Trinajstić information content (AvgIpc) is 2.86. The first-order valence-corrected chi connectivity index (χ1v) is 9.47. The number of hydrogen-bond donors (Lipinski definition) is 2. The molecular weight excluding hydrogens is 338 g/mol. The van der Waals surface area contributed by atoms with Crippen LogP contribution in [0.1, 0.15) is 18.9 Å². The van der Waals surface area contributed by atoms with Crippen molar-refractivity contribution in [2.75, 3.05) is 31.9 Å². The van der Waals surface area contributed by atoms with Crippen LogP contribution in [0.2, 0.25) is 0 Å². The van der Waals surface area contributed by atoms with Gasteiger partial charge in [-0.3, -0.25) is 0 Å². The Kier molecular flexibility index (Phi) is 6.50. The largest absolute Gasteiger partial charge is 0.357 e. The summed E-state index contributed by atoms with van der Waals surface area (Å²) in [6.45, 7) is 3.73. The highest BCUT2D eigenvalue weighted by atomic mass is 32.2. The molecule has 9 heteroatoms. The van der Waals surface area contributed by atoms with E-state index in [0.29, 0.717) is 38.6 Å². The minimum Gasteiger partial charge on any atom is -0.357 e. The molecule has 1 aromatic carbocycles. The fraction of sp³-hybridized carbons (Fsp3) is 0.533.